The van der Waals surface area contributed by atoms with Crippen LogP contribution in [0.1, 0.15) is 126 Å². The van der Waals surface area contributed by atoms with E-state index in [9.17, 15) is 16.8 Å². The molecule has 2 heterocycles. The van der Waals surface area contributed by atoms with Crippen molar-refractivity contribution < 1.29 is 50.3 Å². The van der Waals surface area contributed by atoms with Gasteiger partial charge in [-0.2, -0.15) is 4.57 Å². The summed E-state index contributed by atoms with van der Waals surface area (Å²) in [5, 5.41) is 12.0. The predicted octanol–water partition coefficient (Wildman–Crippen LogP) is 2.71. The van der Waals surface area contributed by atoms with Crippen LogP contribution in [0.25, 0.3) is 5.69 Å². The fourth-order valence-corrected chi connectivity index (χ4v) is 8.31. The smallest absolute Gasteiger partial charge is 0.253 e. The lowest BCUT2D eigenvalue weighted by molar-refractivity contribution is -2.00. The second-order valence-corrected chi connectivity index (χ2v) is 17.5. The van der Waals surface area contributed by atoms with Crippen LogP contribution in [0, 0.1) is 24.1 Å². The van der Waals surface area contributed by atoms with Gasteiger partial charge < -0.3 is 0 Å². The van der Waals surface area contributed by atoms with Gasteiger partial charge in [-0.15, -0.1) is 20.4 Å². The highest BCUT2D eigenvalue weighted by atomic mass is 35.7. The molecule has 17 heteroatoms. The van der Waals surface area contributed by atoms with Gasteiger partial charge in [-0.05, 0) is 43.9 Å². The van der Waals surface area contributed by atoms with E-state index in [1.54, 1.807) is 12.1 Å². The van der Waals surface area contributed by atoms with Gasteiger partial charge in [-0.1, -0.05) is 102 Å². The van der Waals surface area contributed by atoms with Gasteiger partial charge in [0.15, 0.2) is 11.4 Å². The molecule has 3 rings (SSSR count). The summed E-state index contributed by atoms with van der Waals surface area (Å²) in [6.45, 7) is 8.87. The molecule has 0 bridgehead atoms. The van der Waals surface area contributed by atoms with Crippen LogP contribution in [0.3, 0.4) is 0 Å². The van der Waals surface area contributed by atoms with Crippen LogP contribution < -0.4 is 33.1 Å². The quantitative estimate of drug-likeness (QED) is 0.119. The summed E-state index contributed by atoms with van der Waals surface area (Å²) in [6, 6.07) is 9.06. The van der Waals surface area contributed by atoms with Gasteiger partial charge in [0.2, 0.25) is 15.2 Å². The van der Waals surface area contributed by atoms with Crippen molar-refractivity contribution in [3.05, 3.63) is 52.8 Å². The molecule has 0 saturated carbocycles. The first-order chi connectivity index (χ1) is 23.5. The highest BCUT2D eigenvalue weighted by molar-refractivity contribution is 7.93. The molecule has 0 amide bonds. The number of halogens is 1. The van der Waals surface area contributed by atoms with Crippen LogP contribution in [-0.2, 0) is 32.9 Å². The van der Waals surface area contributed by atoms with E-state index in [-0.39, 0.29) is 10.0 Å². The van der Waals surface area contributed by atoms with Crippen molar-refractivity contribution in [3.8, 4) is 5.69 Å². The van der Waals surface area contributed by atoms with Gasteiger partial charge in [0.05, 0.1) is 4.90 Å². The second-order valence-electron chi connectivity index (χ2n) is 12.4. The summed E-state index contributed by atoms with van der Waals surface area (Å²) in [5.41, 5.74) is 6.07. The third-order valence-electron chi connectivity index (χ3n) is 8.26. The van der Waals surface area contributed by atoms with Crippen LogP contribution >= 0.6 is 11.3 Å². The monoisotopic (exact) mass is 777 g/mol. The van der Waals surface area contributed by atoms with E-state index in [1.807, 2.05) is 12.1 Å². The number of rotatable bonds is 21. The molecular formula is C33H52ClN5O8S3. The predicted molar refractivity (Wildman–Crippen MR) is 183 cm³/mol. The van der Waals surface area contributed by atoms with E-state index >= 15 is 0 Å². The number of nitrogens with one attached hydrogen (secondary N) is 1. The molecule has 3 N–H and O–H groups in total. The molecule has 2 aromatic heterocycles. The summed E-state index contributed by atoms with van der Waals surface area (Å²) in [4.78, 5) is 0.0396. The largest absolute Gasteiger partial charge is 0.267 e. The normalized spacial score (nSPS) is 12.1. The van der Waals surface area contributed by atoms with Gasteiger partial charge >= 0.3 is 0 Å². The minimum atomic E-state index is -4.94. The summed E-state index contributed by atoms with van der Waals surface area (Å²) in [6.07, 6.45) is 19.8. The first kappa shape index (κ1) is 43.9. The molecule has 0 spiro atoms. The van der Waals surface area contributed by atoms with Crippen LogP contribution in [0.5, 0.6) is 0 Å². The lowest BCUT2D eigenvalue weighted by atomic mass is 9.96. The number of nitrogens with zero attached hydrogens (tertiary/aromatic N) is 3. The van der Waals surface area contributed by atoms with Crippen LogP contribution in [0.4, 0.5) is 5.13 Å². The molecule has 0 aliphatic carbocycles. The molecule has 0 saturated heterocycles. The molecule has 0 radical (unpaired) electrons. The fourth-order valence-electron chi connectivity index (χ4n) is 5.75. The van der Waals surface area contributed by atoms with Gasteiger partial charge in [0, 0.05) is 37.1 Å². The summed E-state index contributed by atoms with van der Waals surface area (Å²) in [5.74, 6) is 0. The van der Waals surface area contributed by atoms with Gasteiger partial charge in [0.25, 0.3) is 20.0 Å². The zero-order valence-corrected chi connectivity index (χ0v) is 32.7. The van der Waals surface area contributed by atoms with Crippen LogP contribution in [0.2, 0.25) is 0 Å². The molecule has 1 aromatic carbocycles. The van der Waals surface area contributed by atoms with E-state index in [0.29, 0.717) is 11.3 Å². The maximum atomic E-state index is 13.0. The third kappa shape index (κ3) is 15.9. The van der Waals surface area contributed by atoms with Crippen LogP contribution in [-0.4, -0.2) is 27.0 Å². The standard InChI is InChI=1S/C33H52N5O4S3.ClHO4/c1-5-7-9-11-13-15-17-19-28-25-26(3)38(31(27(28)4)20-18-16-14-12-10-8-6-2)29-21-23-30(24-22-29)45(41,42)37-32-35-36-33(43-32)44(34,39)40;2-1(3,4)5/h21-25H,5-20H2,1-4H3,(H,35,37)(H2,34,39,40);(H,2,3,4,5)/q+1;/p-1. The Kier molecular flexibility index (Phi) is 18.7. The summed E-state index contributed by atoms with van der Waals surface area (Å²) < 4.78 is 87.2. The van der Waals surface area contributed by atoms with E-state index in [2.05, 4.69) is 53.2 Å². The minimum Gasteiger partial charge on any atom is -0.253 e. The van der Waals surface area contributed by atoms with E-state index in [0.717, 1.165) is 30.6 Å². The topological polar surface area (TPSA) is 228 Å². The number of aromatic nitrogens is 3. The number of aryl methyl sites for hydroxylation is 2. The van der Waals surface area contributed by atoms with Crippen molar-refractivity contribution in [2.45, 2.75) is 140 Å². The number of hydrogen-bond acceptors (Lipinski definition) is 11. The SMILES string of the molecule is CCCCCCCCCc1cc(C)[n+](-c2ccc(S(=O)(=O)Nc3nnc(S(N)(=O)=O)s3)cc2)c(CCCCCCCCC)c1C.[O-][Cl+3]([O-])([O-])[O-]. The number of pyridine rings is 1. The Balaban J connectivity index is 0.00000161. The Labute approximate surface area is 303 Å². The average Bonchev–Trinajstić information content (AvgIpc) is 3.50. The number of nitrogens with two attached hydrogens (primary N) is 1. The van der Waals surface area contributed by atoms with Gasteiger partial charge in [-0.3, -0.25) is 4.72 Å². The van der Waals surface area contributed by atoms with E-state index in [4.69, 9.17) is 23.8 Å². The maximum Gasteiger partial charge on any atom is 0.267 e. The molecule has 3 aromatic rings. The van der Waals surface area contributed by atoms with Crippen molar-refractivity contribution in [2.75, 3.05) is 4.72 Å². The Morgan fingerprint density at radius 1 is 0.760 bits per heavy atom. The van der Waals surface area contributed by atoms with Crippen molar-refractivity contribution >= 4 is 36.5 Å². The summed E-state index contributed by atoms with van der Waals surface area (Å²) in [7, 11) is -13.0. The molecule has 0 fully saturated rings. The number of anilines is 1. The molecule has 0 aliphatic rings. The maximum absolute atomic E-state index is 13.0. The zero-order chi connectivity index (χ0) is 37.4. The van der Waals surface area contributed by atoms with Crippen LogP contribution in [0.15, 0.2) is 39.6 Å². The van der Waals surface area contributed by atoms with Crippen molar-refractivity contribution in [1.82, 2.24) is 10.2 Å². The van der Waals surface area contributed by atoms with Crippen molar-refractivity contribution in [2.24, 2.45) is 5.14 Å². The average molecular weight is 778 g/mol. The number of hydrogen-bond donors (Lipinski definition) is 2. The molecule has 0 unspecified atom stereocenters. The molecule has 0 aliphatic heterocycles. The molecule has 282 valence electrons. The lowest BCUT2D eigenvalue weighted by Gasteiger charge is -2.17. The Hall–Kier alpha value is -2.28. The molecular weight excluding hydrogens is 726 g/mol. The first-order valence-electron chi connectivity index (χ1n) is 17.1. The molecule has 50 heavy (non-hydrogen) atoms. The van der Waals surface area contributed by atoms with Crippen molar-refractivity contribution in [1.29, 1.82) is 0 Å². The number of primary sulfonamides is 1. The Morgan fingerprint density at radius 2 is 1.24 bits per heavy atom. The lowest BCUT2D eigenvalue weighted by Crippen LogP contribution is -2.68. The zero-order valence-electron chi connectivity index (χ0n) is 29.5. The van der Waals surface area contributed by atoms with Crippen molar-refractivity contribution in [3.63, 3.8) is 0 Å². The van der Waals surface area contributed by atoms with Gasteiger partial charge in [-0.25, -0.2) is 40.6 Å². The highest BCUT2D eigenvalue weighted by Crippen LogP contribution is 2.24. The first-order valence-corrected chi connectivity index (χ1v) is 22.2. The third-order valence-corrected chi connectivity index (χ3v) is 11.9. The second kappa shape index (κ2) is 21.3. The molecule has 13 nitrogen and oxygen atoms in total. The highest BCUT2D eigenvalue weighted by Gasteiger charge is 2.25. The Bertz CT molecular complexity index is 1670. The fraction of sp³-hybridized carbons (Fsp3) is 0.606. The molecule has 0 atom stereocenters. The van der Waals surface area contributed by atoms with Gasteiger partial charge in [0.1, 0.15) is 0 Å². The number of benzene rings is 1. The van der Waals surface area contributed by atoms with E-state index in [1.165, 1.54) is 100 Å². The number of unbranched alkanes of at least 4 members (excludes halogenated alkanes) is 12. The van der Waals surface area contributed by atoms with E-state index < -0.39 is 34.6 Å². The minimum absolute atomic E-state index is 0.0396. The number of sulfonamides is 2. The Morgan fingerprint density at radius 3 is 1.72 bits per heavy atom. The summed E-state index contributed by atoms with van der Waals surface area (Å²) >= 11 is 0.564.